The van der Waals surface area contributed by atoms with Gasteiger partial charge in [0.25, 0.3) is 0 Å². The number of aryl methyl sites for hydroxylation is 1. The third-order valence-corrected chi connectivity index (χ3v) is 4.14. The summed E-state index contributed by atoms with van der Waals surface area (Å²) in [5, 5.41) is 2.17. The Morgan fingerprint density at radius 3 is 3.07 bits per heavy atom. The van der Waals surface area contributed by atoms with E-state index in [9.17, 15) is 0 Å². The summed E-state index contributed by atoms with van der Waals surface area (Å²) >= 11 is 1.88. The lowest BCUT2D eigenvalue weighted by molar-refractivity contribution is 0.307. The van der Waals surface area contributed by atoms with E-state index >= 15 is 0 Å². The van der Waals surface area contributed by atoms with Crippen molar-refractivity contribution in [1.82, 2.24) is 0 Å². The van der Waals surface area contributed by atoms with Crippen molar-refractivity contribution in [1.29, 1.82) is 0 Å². The Hall–Kier alpha value is -0.340. The van der Waals surface area contributed by atoms with Gasteiger partial charge >= 0.3 is 0 Å². The van der Waals surface area contributed by atoms with Crippen LogP contribution in [0.5, 0.6) is 0 Å². The Kier molecular flexibility index (Phi) is 3.60. The highest BCUT2D eigenvalue weighted by atomic mass is 32.1. The summed E-state index contributed by atoms with van der Waals surface area (Å²) in [5.41, 5.74) is 5.98. The van der Waals surface area contributed by atoms with Crippen LogP contribution in [-0.2, 0) is 6.42 Å². The van der Waals surface area contributed by atoms with E-state index < -0.39 is 0 Å². The van der Waals surface area contributed by atoms with Crippen LogP contribution >= 0.6 is 11.3 Å². The zero-order valence-electron chi connectivity index (χ0n) is 8.61. The largest absolute Gasteiger partial charge is 0.328 e. The van der Waals surface area contributed by atoms with Crippen molar-refractivity contribution in [2.75, 3.05) is 0 Å². The highest BCUT2D eigenvalue weighted by Gasteiger charge is 2.18. The molecule has 1 nitrogen and oxygen atoms in total. The maximum absolute atomic E-state index is 5.98. The van der Waals surface area contributed by atoms with Crippen LogP contribution in [0.4, 0.5) is 0 Å². The topological polar surface area (TPSA) is 26.0 Å². The van der Waals surface area contributed by atoms with E-state index in [-0.39, 0.29) is 0 Å². The number of rotatable bonds is 3. The molecule has 1 fully saturated rings. The van der Waals surface area contributed by atoms with Crippen molar-refractivity contribution in [2.24, 2.45) is 11.7 Å². The molecule has 0 saturated heterocycles. The van der Waals surface area contributed by atoms with Crippen LogP contribution in [0.3, 0.4) is 0 Å². The summed E-state index contributed by atoms with van der Waals surface area (Å²) in [7, 11) is 0. The first-order valence-electron chi connectivity index (χ1n) is 5.62. The fourth-order valence-electron chi connectivity index (χ4n) is 2.40. The average Bonchev–Trinajstić information content (AvgIpc) is 2.67. The Morgan fingerprint density at radius 1 is 1.43 bits per heavy atom. The summed E-state index contributed by atoms with van der Waals surface area (Å²) in [5.74, 6) is 0.890. The van der Waals surface area contributed by atoms with Crippen molar-refractivity contribution in [3.05, 3.63) is 22.4 Å². The smallest absolute Gasteiger partial charge is 0.00453 e. The van der Waals surface area contributed by atoms with E-state index in [1.807, 2.05) is 11.3 Å². The first-order valence-corrected chi connectivity index (χ1v) is 6.50. The van der Waals surface area contributed by atoms with E-state index in [0.717, 1.165) is 5.92 Å². The van der Waals surface area contributed by atoms with Crippen LogP contribution in [-0.4, -0.2) is 6.04 Å². The van der Waals surface area contributed by atoms with E-state index in [4.69, 9.17) is 5.73 Å². The molecule has 0 bridgehead atoms. The Bertz CT molecular complexity index is 255. The van der Waals surface area contributed by atoms with Gasteiger partial charge in [-0.15, -0.1) is 11.3 Å². The molecule has 2 heteroatoms. The quantitative estimate of drug-likeness (QED) is 0.813. The minimum Gasteiger partial charge on any atom is -0.328 e. The van der Waals surface area contributed by atoms with Crippen LogP contribution in [0.1, 0.15) is 37.0 Å². The summed E-state index contributed by atoms with van der Waals surface area (Å²) in [6, 6.07) is 4.87. The Morgan fingerprint density at radius 2 is 2.36 bits per heavy atom. The second-order valence-electron chi connectivity index (χ2n) is 4.41. The molecule has 0 spiro atoms. The van der Waals surface area contributed by atoms with Gasteiger partial charge in [-0.1, -0.05) is 18.9 Å². The molecule has 1 aliphatic carbocycles. The molecule has 2 rings (SSSR count). The monoisotopic (exact) mass is 209 g/mol. The molecule has 1 aromatic heterocycles. The van der Waals surface area contributed by atoms with Gasteiger partial charge in [0, 0.05) is 10.9 Å². The maximum atomic E-state index is 5.98. The fourth-order valence-corrected chi connectivity index (χ4v) is 3.12. The van der Waals surface area contributed by atoms with Crippen LogP contribution in [0.25, 0.3) is 0 Å². The van der Waals surface area contributed by atoms with E-state index in [2.05, 4.69) is 17.5 Å². The zero-order chi connectivity index (χ0) is 9.80. The second-order valence-corrected chi connectivity index (χ2v) is 5.44. The molecule has 2 N–H and O–H groups in total. The third-order valence-electron chi connectivity index (χ3n) is 3.20. The first-order chi connectivity index (χ1) is 6.84. The molecular weight excluding hydrogens is 190 g/mol. The molecule has 0 amide bonds. The summed E-state index contributed by atoms with van der Waals surface area (Å²) in [6.07, 6.45) is 7.85. The number of hydrogen-bond acceptors (Lipinski definition) is 2. The molecule has 78 valence electrons. The molecule has 1 heterocycles. The molecule has 1 aromatic rings. The molecular formula is C12H19NS. The lowest BCUT2D eigenvalue weighted by atomic mass is 9.83. The molecule has 1 aliphatic rings. The van der Waals surface area contributed by atoms with Gasteiger partial charge in [0.2, 0.25) is 0 Å². The fraction of sp³-hybridized carbons (Fsp3) is 0.667. The van der Waals surface area contributed by atoms with Gasteiger partial charge in [-0.25, -0.2) is 0 Å². The van der Waals surface area contributed by atoms with E-state index in [1.54, 1.807) is 0 Å². The molecule has 0 aromatic carbocycles. The number of hydrogen-bond donors (Lipinski definition) is 1. The predicted octanol–water partition coefficient (Wildman–Crippen LogP) is 3.20. The molecule has 1 saturated carbocycles. The molecule has 0 aliphatic heterocycles. The van der Waals surface area contributed by atoms with Gasteiger partial charge in [0.05, 0.1) is 0 Å². The summed E-state index contributed by atoms with van der Waals surface area (Å²) in [4.78, 5) is 1.53. The Labute approximate surface area is 90.3 Å². The standard InChI is InChI=1S/C12H19NS/c13-11-4-1-3-10(9-11)6-7-12-5-2-8-14-12/h2,5,8,10-11H,1,3-4,6-7,9,13H2. The van der Waals surface area contributed by atoms with Gasteiger partial charge < -0.3 is 5.73 Å². The lowest BCUT2D eigenvalue weighted by Gasteiger charge is -2.26. The van der Waals surface area contributed by atoms with Gasteiger partial charge in [0.15, 0.2) is 0 Å². The van der Waals surface area contributed by atoms with Gasteiger partial charge in [-0.05, 0) is 43.0 Å². The number of thiophene rings is 1. The van der Waals surface area contributed by atoms with Gasteiger partial charge in [-0.3, -0.25) is 0 Å². The maximum Gasteiger partial charge on any atom is 0.00453 e. The predicted molar refractivity (Wildman–Crippen MR) is 62.6 cm³/mol. The third kappa shape index (κ3) is 2.82. The Balaban J connectivity index is 1.75. The van der Waals surface area contributed by atoms with E-state index in [0.29, 0.717) is 6.04 Å². The van der Waals surface area contributed by atoms with Crippen molar-refractivity contribution in [3.8, 4) is 0 Å². The first kappa shape index (κ1) is 10.2. The second kappa shape index (κ2) is 4.94. The summed E-state index contributed by atoms with van der Waals surface area (Å²) < 4.78 is 0. The minimum absolute atomic E-state index is 0.483. The SMILES string of the molecule is NC1CCCC(CCc2cccs2)C1. The zero-order valence-corrected chi connectivity index (χ0v) is 9.43. The number of nitrogens with two attached hydrogens (primary N) is 1. The van der Waals surface area contributed by atoms with Crippen molar-refractivity contribution in [2.45, 2.75) is 44.6 Å². The minimum atomic E-state index is 0.483. The van der Waals surface area contributed by atoms with Crippen molar-refractivity contribution in [3.63, 3.8) is 0 Å². The molecule has 0 radical (unpaired) electrons. The van der Waals surface area contributed by atoms with Gasteiger partial charge in [0.1, 0.15) is 0 Å². The van der Waals surface area contributed by atoms with Crippen LogP contribution < -0.4 is 5.73 Å². The van der Waals surface area contributed by atoms with E-state index in [1.165, 1.54) is 43.4 Å². The lowest BCUT2D eigenvalue weighted by Crippen LogP contribution is -2.27. The highest BCUT2D eigenvalue weighted by molar-refractivity contribution is 7.09. The van der Waals surface area contributed by atoms with Gasteiger partial charge in [-0.2, -0.15) is 0 Å². The molecule has 2 unspecified atom stereocenters. The average molecular weight is 209 g/mol. The van der Waals surface area contributed by atoms with Crippen LogP contribution in [0.2, 0.25) is 0 Å². The van der Waals surface area contributed by atoms with Crippen molar-refractivity contribution < 1.29 is 0 Å². The highest BCUT2D eigenvalue weighted by Crippen LogP contribution is 2.27. The van der Waals surface area contributed by atoms with Crippen LogP contribution in [0, 0.1) is 5.92 Å². The normalized spacial score (nSPS) is 27.8. The van der Waals surface area contributed by atoms with Crippen LogP contribution in [0.15, 0.2) is 17.5 Å². The molecule has 14 heavy (non-hydrogen) atoms. The summed E-state index contributed by atoms with van der Waals surface area (Å²) in [6.45, 7) is 0. The van der Waals surface area contributed by atoms with Crippen molar-refractivity contribution >= 4 is 11.3 Å². The molecule has 2 atom stereocenters.